The first-order chi connectivity index (χ1) is 9.51. The minimum absolute atomic E-state index is 0.0250. The van der Waals surface area contributed by atoms with Crippen molar-refractivity contribution in [3.8, 4) is 5.75 Å². The van der Waals surface area contributed by atoms with E-state index in [1.54, 1.807) is 0 Å². The van der Waals surface area contributed by atoms with Gasteiger partial charge in [-0.1, -0.05) is 19.8 Å². The smallest absolute Gasteiger partial charge is 0.282 e. The van der Waals surface area contributed by atoms with E-state index in [1.807, 2.05) is 6.92 Å². The summed E-state index contributed by atoms with van der Waals surface area (Å²) in [7, 11) is 0. The van der Waals surface area contributed by atoms with Crippen molar-refractivity contribution in [1.29, 1.82) is 0 Å². The Morgan fingerprint density at radius 1 is 1.55 bits per heavy atom. The van der Waals surface area contributed by atoms with Crippen LogP contribution in [0.2, 0.25) is 0 Å². The van der Waals surface area contributed by atoms with Gasteiger partial charge in [0.05, 0.1) is 4.92 Å². The summed E-state index contributed by atoms with van der Waals surface area (Å²) < 4.78 is 0. The van der Waals surface area contributed by atoms with E-state index in [0.717, 1.165) is 25.0 Å². The summed E-state index contributed by atoms with van der Waals surface area (Å²) in [5.74, 6) is 0.00973. The van der Waals surface area contributed by atoms with Crippen molar-refractivity contribution in [3.63, 3.8) is 0 Å². The molecule has 1 unspecified atom stereocenters. The Morgan fingerprint density at radius 2 is 2.25 bits per heavy atom. The van der Waals surface area contributed by atoms with Crippen LogP contribution < -0.4 is 5.32 Å². The quantitative estimate of drug-likeness (QED) is 0.618. The van der Waals surface area contributed by atoms with Gasteiger partial charge in [-0.3, -0.25) is 14.9 Å². The number of amides is 1. The highest BCUT2D eigenvalue weighted by Crippen LogP contribution is 2.34. The molecule has 0 spiro atoms. The average molecular weight is 278 g/mol. The number of hydrogen-bond donors (Lipinski definition) is 2. The highest BCUT2D eigenvalue weighted by Gasteiger charge is 2.27. The third kappa shape index (κ3) is 3.46. The molecule has 1 amide bonds. The van der Waals surface area contributed by atoms with E-state index in [1.165, 1.54) is 18.9 Å². The van der Waals surface area contributed by atoms with Gasteiger partial charge in [0.2, 0.25) is 0 Å². The monoisotopic (exact) mass is 278 g/mol. The van der Waals surface area contributed by atoms with E-state index in [4.69, 9.17) is 0 Å². The fourth-order valence-electron chi connectivity index (χ4n) is 2.21. The maximum absolute atomic E-state index is 12.2. The second-order valence-electron chi connectivity index (χ2n) is 5.22. The standard InChI is InChI=1S/C14H18N2O4/c1-2-10(7-9-3-4-9)15-14(18)12-8-11(17)5-6-13(12)16(19)20/h5-6,8-10,17H,2-4,7H2,1H3,(H,15,18). The lowest BCUT2D eigenvalue weighted by Gasteiger charge is -2.16. The number of nitro benzene ring substituents is 1. The zero-order chi connectivity index (χ0) is 14.7. The fraction of sp³-hybridized carbons (Fsp3) is 0.500. The van der Waals surface area contributed by atoms with Crippen LogP contribution in [0.5, 0.6) is 5.75 Å². The summed E-state index contributed by atoms with van der Waals surface area (Å²) in [5.41, 5.74) is -0.383. The maximum atomic E-state index is 12.2. The topological polar surface area (TPSA) is 92.5 Å². The van der Waals surface area contributed by atoms with Gasteiger partial charge in [0.1, 0.15) is 11.3 Å². The molecule has 1 saturated carbocycles. The van der Waals surface area contributed by atoms with Crippen molar-refractivity contribution in [1.82, 2.24) is 5.32 Å². The van der Waals surface area contributed by atoms with Crippen molar-refractivity contribution in [2.75, 3.05) is 0 Å². The molecule has 1 aromatic rings. The van der Waals surface area contributed by atoms with Crippen LogP contribution in [0.25, 0.3) is 0 Å². The van der Waals surface area contributed by atoms with Crippen LogP contribution in [0.4, 0.5) is 5.69 Å². The predicted octanol–water partition coefficient (Wildman–Crippen LogP) is 2.61. The van der Waals surface area contributed by atoms with Gasteiger partial charge in [-0.05, 0) is 30.9 Å². The van der Waals surface area contributed by atoms with Crippen LogP contribution >= 0.6 is 0 Å². The first kappa shape index (κ1) is 14.3. The predicted molar refractivity (Wildman–Crippen MR) is 73.6 cm³/mol. The maximum Gasteiger partial charge on any atom is 0.282 e. The third-order valence-corrected chi connectivity index (χ3v) is 3.56. The molecular formula is C14H18N2O4. The molecule has 0 saturated heterocycles. The average Bonchev–Trinajstić information content (AvgIpc) is 3.21. The van der Waals surface area contributed by atoms with Gasteiger partial charge in [0, 0.05) is 12.1 Å². The molecule has 108 valence electrons. The lowest BCUT2D eigenvalue weighted by molar-refractivity contribution is -0.385. The lowest BCUT2D eigenvalue weighted by Crippen LogP contribution is -2.35. The first-order valence-electron chi connectivity index (χ1n) is 6.79. The molecule has 2 rings (SSSR count). The van der Waals surface area contributed by atoms with Crippen molar-refractivity contribution in [2.45, 2.75) is 38.6 Å². The van der Waals surface area contributed by atoms with Crippen LogP contribution in [0, 0.1) is 16.0 Å². The number of phenols is 1. The van der Waals surface area contributed by atoms with E-state index in [9.17, 15) is 20.0 Å². The number of benzene rings is 1. The number of nitrogens with zero attached hydrogens (tertiary/aromatic N) is 1. The Labute approximate surface area is 117 Å². The van der Waals surface area contributed by atoms with Crippen LogP contribution in [0.3, 0.4) is 0 Å². The molecular weight excluding hydrogens is 260 g/mol. The molecule has 0 bridgehead atoms. The largest absolute Gasteiger partial charge is 0.508 e. The Balaban J connectivity index is 2.14. The number of rotatable bonds is 6. The fourth-order valence-corrected chi connectivity index (χ4v) is 2.21. The van der Waals surface area contributed by atoms with Crippen LogP contribution in [0.15, 0.2) is 18.2 Å². The molecule has 0 heterocycles. The Morgan fingerprint density at radius 3 is 2.80 bits per heavy atom. The van der Waals surface area contributed by atoms with Crippen molar-refractivity contribution >= 4 is 11.6 Å². The first-order valence-corrected chi connectivity index (χ1v) is 6.79. The van der Waals surface area contributed by atoms with Gasteiger partial charge in [-0.25, -0.2) is 0 Å². The Kier molecular flexibility index (Phi) is 4.22. The van der Waals surface area contributed by atoms with E-state index < -0.39 is 10.8 Å². The second kappa shape index (κ2) is 5.90. The zero-order valence-corrected chi connectivity index (χ0v) is 11.3. The van der Waals surface area contributed by atoms with E-state index in [0.29, 0.717) is 5.92 Å². The molecule has 6 nitrogen and oxygen atoms in total. The number of carbonyl (C=O) groups excluding carboxylic acids is 1. The van der Waals surface area contributed by atoms with Gasteiger partial charge in [0.15, 0.2) is 0 Å². The molecule has 20 heavy (non-hydrogen) atoms. The number of hydrogen-bond acceptors (Lipinski definition) is 4. The highest BCUT2D eigenvalue weighted by molar-refractivity contribution is 5.98. The summed E-state index contributed by atoms with van der Waals surface area (Å²) >= 11 is 0. The minimum atomic E-state index is -0.615. The molecule has 1 aliphatic rings. The molecule has 0 aliphatic heterocycles. The molecule has 2 N–H and O–H groups in total. The molecule has 1 aliphatic carbocycles. The lowest BCUT2D eigenvalue weighted by atomic mass is 10.1. The van der Waals surface area contributed by atoms with Gasteiger partial charge in [-0.2, -0.15) is 0 Å². The minimum Gasteiger partial charge on any atom is -0.508 e. The van der Waals surface area contributed by atoms with E-state index >= 15 is 0 Å². The second-order valence-corrected chi connectivity index (χ2v) is 5.22. The SMILES string of the molecule is CCC(CC1CC1)NC(=O)c1cc(O)ccc1[N+](=O)[O-]. The zero-order valence-electron chi connectivity index (χ0n) is 11.3. The van der Waals surface area contributed by atoms with E-state index in [2.05, 4.69) is 5.32 Å². The summed E-state index contributed by atoms with van der Waals surface area (Å²) in [6.07, 6.45) is 4.08. The number of aromatic hydroxyl groups is 1. The summed E-state index contributed by atoms with van der Waals surface area (Å²) in [6.45, 7) is 1.98. The molecule has 1 fully saturated rings. The van der Waals surface area contributed by atoms with Crippen molar-refractivity contribution in [3.05, 3.63) is 33.9 Å². The number of phenolic OH excluding ortho intramolecular Hbond substituents is 1. The number of nitrogens with one attached hydrogen (secondary N) is 1. The molecule has 0 aromatic heterocycles. The van der Waals surface area contributed by atoms with E-state index in [-0.39, 0.29) is 23.0 Å². The molecule has 1 atom stereocenters. The van der Waals surface area contributed by atoms with Gasteiger partial charge < -0.3 is 10.4 Å². The van der Waals surface area contributed by atoms with Gasteiger partial charge in [0.25, 0.3) is 11.6 Å². The third-order valence-electron chi connectivity index (χ3n) is 3.56. The highest BCUT2D eigenvalue weighted by atomic mass is 16.6. The van der Waals surface area contributed by atoms with Gasteiger partial charge in [-0.15, -0.1) is 0 Å². The molecule has 0 radical (unpaired) electrons. The Hall–Kier alpha value is -2.11. The normalized spacial score (nSPS) is 15.7. The van der Waals surface area contributed by atoms with Gasteiger partial charge >= 0.3 is 0 Å². The molecule has 6 heteroatoms. The van der Waals surface area contributed by atoms with Crippen LogP contribution in [0.1, 0.15) is 43.0 Å². The van der Waals surface area contributed by atoms with Crippen LogP contribution in [-0.4, -0.2) is 22.0 Å². The number of carbonyl (C=O) groups is 1. The Bertz CT molecular complexity index is 526. The summed E-state index contributed by atoms with van der Waals surface area (Å²) in [6, 6.07) is 3.51. The molecule has 1 aromatic carbocycles. The summed E-state index contributed by atoms with van der Waals surface area (Å²) in [4.78, 5) is 22.5. The van der Waals surface area contributed by atoms with Crippen molar-refractivity contribution in [2.24, 2.45) is 5.92 Å². The summed E-state index contributed by atoms with van der Waals surface area (Å²) in [5, 5.41) is 23.2. The van der Waals surface area contributed by atoms with Crippen LogP contribution in [-0.2, 0) is 0 Å². The number of nitro groups is 1. The van der Waals surface area contributed by atoms with Crippen molar-refractivity contribution < 1.29 is 14.8 Å².